The molecule has 1 atom stereocenters. The van der Waals surface area contributed by atoms with E-state index in [0.717, 1.165) is 12.8 Å². The van der Waals surface area contributed by atoms with Crippen LogP contribution in [0.1, 0.15) is 30.7 Å². The van der Waals surface area contributed by atoms with Crippen LogP contribution in [-0.2, 0) is 4.79 Å². The highest BCUT2D eigenvalue weighted by atomic mass is 35.5. The van der Waals surface area contributed by atoms with Gasteiger partial charge in [0.1, 0.15) is 0 Å². The van der Waals surface area contributed by atoms with Gasteiger partial charge in [0.05, 0.1) is 11.4 Å². The molecule has 1 aromatic carbocycles. The minimum Gasteiger partial charge on any atom is -0.504 e. The van der Waals surface area contributed by atoms with E-state index in [2.05, 4.69) is 0 Å². The van der Waals surface area contributed by atoms with E-state index in [1.807, 2.05) is 0 Å². The number of carboxylic acids is 1. The summed E-state index contributed by atoms with van der Waals surface area (Å²) in [5.41, 5.74) is 0.551. The maximum Gasteiger partial charge on any atom is 0.303 e. The first-order valence-corrected chi connectivity index (χ1v) is 5.76. The van der Waals surface area contributed by atoms with Gasteiger partial charge in [-0.25, -0.2) is 4.39 Å². The van der Waals surface area contributed by atoms with E-state index in [9.17, 15) is 14.3 Å². The standard InChI is InChI=1S/C12H12ClFO3/c13-9-3-7(4-10(14)12(9)17)8(5-11(15)16)6-1-2-6/h3-4,6,8,17H,1-2,5H2,(H,15,16). The van der Waals surface area contributed by atoms with Gasteiger partial charge in [0.15, 0.2) is 11.6 Å². The maximum atomic E-state index is 13.3. The lowest BCUT2D eigenvalue weighted by Gasteiger charge is -2.15. The zero-order valence-electron chi connectivity index (χ0n) is 8.99. The fourth-order valence-electron chi connectivity index (χ4n) is 2.04. The van der Waals surface area contributed by atoms with Gasteiger partial charge in [0.2, 0.25) is 0 Å². The zero-order valence-corrected chi connectivity index (χ0v) is 9.75. The molecule has 17 heavy (non-hydrogen) atoms. The van der Waals surface area contributed by atoms with Gasteiger partial charge in [0, 0.05) is 0 Å². The molecule has 1 aliphatic rings. The molecule has 0 bridgehead atoms. The molecular weight excluding hydrogens is 247 g/mol. The second-order valence-electron chi connectivity index (χ2n) is 4.37. The maximum absolute atomic E-state index is 13.3. The van der Waals surface area contributed by atoms with Crippen molar-refractivity contribution in [3.63, 3.8) is 0 Å². The lowest BCUT2D eigenvalue weighted by atomic mass is 9.91. The number of hydrogen-bond acceptors (Lipinski definition) is 2. The van der Waals surface area contributed by atoms with Crippen LogP contribution in [0.25, 0.3) is 0 Å². The predicted octanol–water partition coefficient (Wildman–Crippen LogP) is 3.15. The normalized spacial score (nSPS) is 16.8. The Balaban J connectivity index is 2.32. The molecule has 2 N–H and O–H groups in total. The van der Waals surface area contributed by atoms with E-state index in [1.165, 1.54) is 12.1 Å². The molecule has 1 saturated carbocycles. The van der Waals surface area contributed by atoms with Crippen molar-refractivity contribution in [2.75, 3.05) is 0 Å². The molecule has 1 unspecified atom stereocenters. The summed E-state index contributed by atoms with van der Waals surface area (Å²) in [6, 6.07) is 2.62. The molecule has 0 aliphatic heterocycles. The number of benzene rings is 1. The smallest absolute Gasteiger partial charge is 0.303 e. The van der Waals surface area contributed by atoms with Gasteiger partial charge >= 0.3 is 5.97 Å². The van der Waals surface area contributed by atoms with Crippen molar-refractivity contribution in [2.45, 2.75) is 25.2 Å². The Bertz CT molecular complexity index is 434. The van der Waals surface area contributed by atoms with E-state index >= 15 is 0 Å². The topological polar surface area (TPSA) is 57.5 Å². The second-order valence-corrected chi connectivity index (χ2v) is 4.78. The van der Waals surface area contributed by atoms with Crippen LogP contribution >= 0.6 is 11.6 Å². The van der Waals surface area contributed by atoms with Gasteiger partial charge in [-0.15, -0.1) is 0 Å². The molecule has 0 radical (unpaired) electrons. The SMILES string of the molecule is O=C(O)CC(c1cc(F)c(O)c(Cl)c1)C1CC1. The largest absolute Gasteiger partial charge is 0.504 e. The Morgan fingerprint density at radius 3 is 2.65 bits per heavy atom. The number of aliphatic carboxylic acids is 1. The first kappa shape index (κ1) is 12.2. The summed E-state index contributed by atoms with van der Waals surface area (Å²) in [5.74, 6) is -2.23. The van der Waals surface area contributed by atoms with Crippen LogP contribution in [0.4, 0.5) is 4.39 Å². The van der Waals surface area contributed by atoms with Crippen molar-refractivity contribution in [3.05, 3.63) is 28.5 Å². The van der Waals surface area contributed by atoms with Crippen LogP contribution in [0.5, 0.6) is 5.75 Å². The third-order valence-corrected chi connectivity index (χ3v) is 3.34. The van der Waals surface area contributed by atoms with E-state index in [-0.39, 0.29) is 23.3 Å². The number of carboxylic acid groups (broad SMARTS) is 1. The molecule has 1 fully saturated rings. The van der Waals surface area contributed by atoms with Crippen LogP contribution < -0.4 is 0 Å². The second kappa shape index (κ2) is 4.53. The molecule has 0 spiro atoms. The molecule has 0 aromatic heterocycles. The molecule has 0 saturated heterocycles. The highest BCUT2D eigenvalue weighted by molar-refractivity contribution is 6.32. The minimum absolute atomic E-state index is 0.0365. The lowest BCUT2D eigenvalue weighted by Crippen LogP contribution is -2.08. The van der Waals surface area contributed by atoms with Crippen molar-refractivity contribution < 1.29 is 19.4 Å². The Labute approximate surface area is 103 Å². The van der Waals surface area contributed by atoms with Gasteiger partial charge < -0.3 is 10.2 Å². The van der Waals surface area contributed by atoms with Gasteiger partial charge in [-0.3, -0.25) is 4.79 Å². The summed E-state index contributed by atoms with van der Waals surface area (Å²) in [7, 11) is 0. The molecule has 0 heterocycles. The third-order valence-electron chi connectivity index (χ3n) is 3.05. The number of hydrogen-bond donors (Lipinski definition) is 2. The van der Waals surface area contributed by atoms with Crippen molar-refractivity contribution in [3.8, 4) is 5.75 Å². The molecule has 3 nitrogen and oxygen atoms in total. The number of rotatable bonds is 4. The Morgan fingerprint density at radius 1 is 1.53 bits per heavy atom. The van der Waals surface area contributed by atoms with Crippen LogP contribution in [0.15, 0.2) is 12.1 Å². The molecule has 92 valence electrons. The molecule has 2 rings (SSSR count). The highest BCUT2D eigenvalue weighted by Gasteiger charge is 2.34. The average molecular weight is 259 g/mol. The number of carbonyl (C=O) groups is 1. The summed E-state index contributed by atoms with van der Waals surface area (Å²) >= 11 is 5.69. The fourth-order valence-corrected chi connectivity index (χ4v) is 2.26. The van der Waals surface area contributed by atoms with Crippen molar-refractivity contribution >= 4 is 17.6 Å². The molecule has 1 aliphatic carbocycles. The van der Waals surface area contributed by atoms with Crippen molar-refractivity contribution in [1.29, 1.82) is 0 Å². The summed E-state index contributed by atoms with van der Waals surface area (Å²) < 4.78 is 13.3. The molecule has 5 heteroatoms. The Morgan fingerprint density at radius 2 is 2.18 bits per heavy atom. The third kappa shape index (κ3) is 2.69. The van der Waals surface area contributed by atoms with E-state index in [4.69, 9.17) is 16.7 Å². The van der Waals surface area contributed by atoms with Gasteiger partial charge in [-0.2, -0.15) is 0 Å². The first-order valence-electron chi connectivity index (χ1n) is 5.38. The van der Waals surface area contributed by atoms with Crippen molar-refractivity contribution in [2.24, 2.45) is 5.92 Å². The van der Waals surface area contributed by atoms with Gasteiger partial charge in [0.25, 0.3) is 0 Å². The van der Waals surface area contributed by atoms with Crippen LogP contribution in [-0.4, -0.2) is 16.2 Å². The monoisotopic (exact) mass is 258 g/mol. The van der Waals surface area contributed by atoms with E-state index in [0.29, 0.717) is 5.56 Å². The van der Waals surface area contributed by atoms with Gasteiger partial charge in [-0.05, 0) is 42.4 Å². The fraction of sp³-hybridized carbons (Fsp3) is 0.417. The molecular formula is C12H12ClFO3. The molecule has 1 aromatic rings. The van der Waals surface area contributed by atoms with E-state index in [1.54, 1.807) is 0 Å². The summed E-state index contributed by atoms with van der Waals surface area (Å²) in [6.07, 6.45) is 1.88. The lowest BCUT2D eigenvalue weighted by molar-refractivity contribution is -0.137. The van der Waals surface area contributed by atoms with Crippen molar-refractivity contribution in [1.82, 2.24) is 0 Å². The highest BCUT2D eigenvalue weighted by Crippen LogP contribution is 2.45. The summed E-state index contributed by atoms with van der Waals surface area (Å²) in [4.78, 5) is 10.8. The number of phenolic OH excluding ortho intramolecular Hbond substituents is 1. The quantitative estimate of drug-likeness (QED) is 0.872. The Kier molecular flexibility index (Phi) is 3.24. The van der Waals surface area contributed by atoms with Crippen LogP contribution in [0.3, 0.4) is 0 Å². The minimum atomic E-state index is -0.911. The predicted molar refractivity (Wildman–Crippen MR) is 60.8 cm³/mol. The van der Waals surface area contributed by atoms with E-state index < -0.39 is 17.5 Å². The number of phenols is 1. The first-order chi connectivity index (χ1) is 7.99. The van der Waals surface area contributed by atoms with Crippen LogP contribution in [0.2, 0.25) is 5.02 Å². The summed E-state index contributed by atoms with van der Waals surface area (Å²) in [6.45, 7) is 0. The number of halogens is 2. The average Bonchev–Trinajstić information content (AvgIpc) is 3.05. The molecule has 0 amide bonds. The summed E-state index contributed by atoms with van der Waals surface area (Å²) in [5, 5.41) is 18.0. The number of aromatic hydroxyl groups is 1. The zero-order chi connectivity index (χ0) is 12.6. The Hall–Kier alpha value is -1.29. The van der Waals surface area contributed by atoms with Gasteiger partial charge in [-0.1, -0.05) is 11.6 Å². The van der Waals surface area contributed by atoms with Crippen LogP contribution in [0, 0.1) is 11.7 Å².